The lowest BCUT2D eigenvalue weighted by molar-refractivity contribution is 0.186. The minimum Gasteiger partial charge on any atom is -0.493 e. The van der Waals surface area contributed by atoms with E-state index in [9.17, 15) is 9.50 Å². The van der Waals surface area contributed by atoms with Crippen molar-refractivity contribution in [3.05, 3.63) is 53.8 Å². The Balaban J connectivity index is 1.65. The summed E-state index contributed by atoms with van der Waals surface area (Å²) in [5.74, 6) is 1.73. The summed E-state index contributed by atoms with van der Waals surface area (Å²) in [6.45, 7) is 5.77. The summed E-state index contributed by atoms with van der Waals surface area (Å²) < 4.78 is 24.7. The number of halogens is 1. The predicted octanol–water partition coefficient (Wildman–Crippen LogP) is 2.66. The lowest BCUT2D eigenvalue weighted by atomic mass is 10.1. The lowest BCUT2D eigenvalue weighted by Gasteiger charge is -2.37. The Morgan fingerprint density at radius 1 is 1.10 bits per heavy atom. The molecule has 3 rings (SSSR count). The van der Waals surface area contributed by atoms with Crippen LogP contribution >= 0.6 is 0 Å². The van der Waals surface area contributed by atoms with Gasteiger partial charge in [0.05, 0.1) is 32.6 Å². The number of aliphatic hydroxyl groups is 1. The first kappa shape index (κ1) is 22.7. The number of nitrogens with zero attached hydrogens (tertiary/aromatic N) is 3. The van der Waals surface area contributed by atoms with Crippen molar-refractivity contribution in [3.8, 4) is 11.5 Å². The molecule has 1 atom stereocenters. The van der Waals surface area contributed by atoms with Crippen molar-refractivity contribution >= 4 is 11.6 Å². The Morgan fingerprint density at radius 2 is 1.81 bits per heavy atom. The first-order chi connectivity index (χ1) is 15.1. The number of aliphatic hydroxyl groups excluding tert-OH is 1. The highest BCUT2D eigenvalue weighted by Gasteiger charge is 2.22. The van der Waals surface area contributed by atoms with Gasteiger partial charge in [0.25, 0.3) is 0 Å². The van der Waals surface area contributed by atoms with Crippen molar-refractivity contribution in [2.24, 2.45) is 4.99 Å². The van der Waals surface area contributed by atoms with Gasteiger partial charge in [-0.1, -0.05) is 18.2 Å². The summed E-state index contributed by atoms with van der Waals surface area (Å²) in [7, 11) is 3.14. The number of aliphatic imine (C=N–C) groups is 1. The van der Waals surface area contributed by atoms with E-state index >= 15 is 0 Å². The predicted molar refractivity (Wildman–Crippen MR) is 121 cm³/mol. The van der Waals surface area contributed by atoms with Crippen LogP contribution in [-0.4, -0.2) is 69.5 Å². The van der Waals surface area contributed by atoms with Crippen LogP contribution in [0.25, 0.3) is 0 Å². The first-order valence-electron chi connectivity index (χ1n) is 10.5. The number of anilines is 1. The number of rotatable bonds is 7. The molecular formula is C23H31FN4O3. The van der Waals surface area contributed by atoms with Crippen LogP contribution < -0.4 is 19.7 Å². The Labute approximate surface area is 183 Å². The molecule has 2 aromatic rings. The van der Waals surface area contributed by atoms with Gasteiger partial charge in [-0.3, -0.25) is 4.99 Å². The summed E-state index contributed by atoms with van der Waals surface area (Å²) >= 11 is 0. The summed E-state index contributed by atoms with van der Waals surface area (Å²) in [5.41, 5.74) is 1.34. The molecular weight excluding hydrogens is 399 g/mol. The van der Waals surface area contributed by atoms with Gasteiger partial charge in [0.15, 0.2) is 17.5 Å². The smallest absolute Gasteiger partial charge is 0.194 e. The lowest BCUT2D eigenvalue weighted by Crippen LogP contribution is -2.52. The number of guanidine groups is 1. The van der Waals surface area contributed by atoms with E-state index in [0.717, 1.165) is 12.5 Å². The minimum atomic E-state index is -0.770. The molecule has 0 aromatic heterocycles. The highest BCUT2D eigenvalue weighted by molar-refractivity contribution is 5.80. The van der Waals surface area contributed by atoms with Gasteiger partial charge in [-0.25, -0.2) is 4.39 Å². The number of nitrogens with one attached hydrogen (secondary N) is 1. The van der Waals surface area contributed by atoms with Crippen LogP contribution in [0, 0.1) is 5.82 Å². The highest BCUT2D eigenvalue weighted by atomic mass is 19.1. The molecule has 8 heteroatoms. The molecule has 1 heterocycles. The highest BCUT2D eigenvalue weighted by Crippen LogP contribution is 2.30. The molecule has 0 amide bonds. The average Bonchev–Trinajstić information content (AvgIpc) is 2.81. The Kier molecular flexibility index (Phi) is 7.94. The van der Waals surface area contributed by atoms with E-state index in [1.807, 2.05) is 30.0 Å². The standard InChI is InChI=1S/C23H31FN4O3/c1-4-25-23(26-16-20(29)17-9-10-21(30-2)22(15-17)31-3)28-13-11-27(12-14-28)19-8-6-5-7-18(19)24/h5-10,15,20,29H,4,11-14,16H2,1-3H3,(H,25,26). The summed E-state index contributed by atoms with van der Waals surface area (Å²) in [4.78, 5) is 8.83. The second-order valence-electron chi connectivity index (χ2n) is 7.25. The zero-order chi connectivity index (χ0) is 22.2. The van der Waals surface area contributed by atoms with Crippen LogP contribution in [0.1, 0.15) is 18.6 Å². The molecule has 0 spiro atoms. The van der Waals surface area contributed by atoms with Gasteiger partial charge in [-0.15, -0.1) is 0 Å². The molecule has 2 aromatic carbocycles. The summed E-state index contributed by atoms with van der Waals surface area (Å²) in [5, 5.41) is 13.9. The maximum Gasteiger partial charge on any atom is 0.194 e. The topological polar surface area (TPSA) is 69.6 Å². The van der Waals surface area contributed by atoms with E-state index in [2.05, 4.69) is 15.2 Å². The number of hydrogen-bond acceptors (Lipinski definition) is 5. The second-order valence-corrected chi connectivity index (χ2v) is 7.25. The molecule has 0 bridgehead atoms. The normalized spacial score (nSPS) is 15.6. The van der Waals surface area contributed by atoms with Crippen LogP contribution in [0.2, 0.25) is 0 Å². The Morgan fingerprint density at radius 3 is 2.45 bits per heavy atom. The molecule has 0 saturated carbocycles. The van der Waals surface area contributed by atoms with E-state index < -0.39 is 6.10 Å². The molecule has 168 valence electrons. The van der Waals surface area contributed by atoms with Crippen molar-refractivity contribution < 1.29 is 19.0 Å². The van der Waals surface area contributed by atoms with Gasteiger partial charge in [0.1, 0.15) is 5.82 Å². The van der Waals surface area contributed by atoms with Crippen molar-refractivity contribution in [1.29, 1.82) is 0 Å². The third kappa shape index (κ3) is 5.58. The average molecular weight is 431 g/mol. The van der Waals surface area contributed by atoms with Crippen molar-refractivity contribution in [1.82, 2.24) is 10.2 Å². The molecule has 7 nitrogen and oxygen atoms in total. The molecule has 1 unspecified atom stereocenters. The van der Waals surface area contributed by atoms with Gasteiger partial charge in [0, 0.05) is 32.7 Å². The molecule has 1 aliphatic heterocycles. The molecule has 1 fully saturated rings. The first-order valence-corrected chi connectivity index (χ1v) is 10.5. The molecule has 0 aliphatic carbocycles. The maximum absolute atomic E-state index is 14.1. The monoisotopic (exact) mass is 430 g/mol. The van der Waals surface area contributed by atoms with Crippen LogP contribution in [0.15, 0.2) is 47.5 Å². The van der Waals surface area contributed by atoms with Gasteiger partial charge in [-0.2, -0.15) is 0 Å². The van der Waals surface area contributed by atoms with Gasteiger partial charge in [0.2, 0.25) is 0 Å². The second kappa shape index (κ2) is 10.9. The van der Waals surface area contributed by atoms with Gasteiger partial charge in [-0.05, 0) is 36.8 Å². The van der Waals surface area contributed by atoms with Crippen LogP contribution in [0.3, 0.4) is 0 Å². The Bertz CT molecular complexity index is 885. The number of para-hydroxylation sites is 1. The fourth-order valence-electron chi connectivity index (χ4n) is 3.63. The number of hydrogen-bond donors (Lipinski definition) is 2. The molecule has 0 radical (unpaired) electrons. The van der Waals surface area contributed by atoms with Crippen LogP contribution in [0.4, 0.5) is 10.1 Å². The van der Waals surface area contributed by atoms with E-state index in [-0.39, 0.29) is 12.4 Å². The maximum atomic E-state index is 14.1. The van der Waals surface area contributed by atoms with Crippen molar-refractivity contribution in [3.63, 3.8) is 0 Å². The van der Waals surface area contributed by atoms with Crippen molar-refractivity contribution in [2.75, 3.05) is 58.4 Å². The quantitative estimate of drug-likeness (QED) is 0.520. The SMILES string of the molecule is CCNC(=NCC(O)c1ccc(OC)c(OC)c1)N1CCN(c2ccccc2F)CC1. The molecule has 2 N–H and O–H groups in total. The van der Waals surface area contributed by atoms with E-state index in [1.165, 1.54) is 6.07 Å². The largest absolute Gasteiger partial charge is 0.493 e. The van der Waals surface area contributed by atoms with Crippen molar-refractivity contribution in [2.45, 2.75) is 13.0 Å². The number of methoxy groups -OCH3 is 2. The minimum absolute atomic E-state index is 0.199. The van der Waals surface area contributed by atoms with Gasteiger partial charge < -0.3 is 29.7 Å². The molecule has 1 aliphatic rings. The number of piperazine rings is 1. The molecule has 1 saturated heterocycles. The fourth-order valence-corrected chi connectivity index (χ4v) is 3.63. The number of ether oxygens (including phenoxy) is 2. The third-order valence-electron chi connectivity index (χ3n) is 5.31. The summed E-state index contributed by atoms with van der Waals surface area (Å²) in [6, 6.07) is 12.2. The summed E-state index contributed by atoms with van der Waals surface area (Å²) in [6.07, 6.45) is -0.770. The van der Waals surface area contributed by atoms with Gasteiger partial charge >= 0.3 is 0 Å². The fraction of sp³-hybridized carbons (Fsp3) is 0.435. The Hall–Kier alpha value is -3.00. The van der Waals surface area contributed by atoms with Crippen LogP contribution in [-0.2, 0) is 0 Å². The van der Waals surface area contributed by atoms with Crippen LogP contribution in [0.5, 0.6) is 11.5 Å². The number of benzene rings is 2. The zero-order valence-electron chi connectivity index (χ0n) is 18.3. The molecule has 31 heavy (non-hydrogen) atoms. The van der Waals surface area contributed by atoms with E-state index in [4.69, 9.17) is 9.47 Å². The third-order valence-corrected chi connectivity index (χ3v) is 5.31. The van der Waals surface area contributed by atoms with E-state index in [1.54, 1.807) is 32.4 Å². The zero-order valence-corrected chi connectivity index (χ0v) is 18.3. The van der Waals surface area contributed by atoms with E-state index in [0.29, 0.717) is 48.9 Å².